The first-order valence-electron chi connectivity index (χ1n) is 6.51. The van der Waals surface area contributed by atoms with Crippen LogP contribution in [0.4, 0.5) is 5.69 Å². The predicted octanol–water partition coefficient (Wildman–Crippen LogP) is 4.11. The maximum Gasteiger partial charge on any atom is 0.269 e. The molecular formula is C17H15NO3. The number of hydrogen-bond acceptors (Lipinski definition) is 3. The summed E-state index contributed by atoms with van der Waals surface area (Å²) in [6.07, 6.45) is 3.25. The van der Waals surface area contributed by atoms with Crippen molar-refractivity contribution in [3.05, 3.63) is 80.9 Å². The summed E-state index contributed by atoms with van der Waals surface area (Å²) in [7, 11) is 0. The van der Waals surface area contributed by atoms with Crippen LogP contribution in [0.1, 0.15) is 27.0 Å². The van der Waals surface area contributed by atoms with E-state index in [1.165, 1.54) is 35.9 Å². The number of allylic oxidation sites excluding steroid dienone is 1. The van der Waals surface area contributed by atoms with E-state index < -0.39 is 4.92 Å². The quantitative estimate of drug-likeness (QED) is 0.367. The molecule has 2 aromatic rings. The van der Waals surface area contributed by atoms with Gasteiger partial charge in [-0.2, -0.15) is 0 Å². The van der Waals surface area contributed by atoms with Crippen LogP contribution in [0, 0.1) is 24.0 Å². The van der Waals surface area contributed by atoms with Gasteiger partial charge in [-0.25, -0.2) is 0 Å². The molecule has 0 saturated heterocycles. The van der Waals surface area contributed by atoms with Crippen LogP contribution in [0.25, 0.3) is 6.08 Å². The summed E-state index contributed by atoms with van der Waals surface area (Å²) < 4.78 is 0. The molecular weight excluding hydrogens is 266 g/mol. The second kappa shape index (κ2) is 6.13. The molecule has 2 aromatic carbocycles. The third-order valence-corrected chi connectivity index (χ3v) is 3.20. The summed E-state index contributed by atoms with van der Waals surface area (Å²) in [5.41, 5.74) is 3.66. The average Bonchev–Trinajstić information content (AvgIpc) is 2.46. The van der Waals surface area contributed by atoms with Crippen molar-refractivity contribution in [2.24, 2.45) is 0 Å². The van der Waals surface area contributed by atoms with E-state index in [0.717, 1.165) is 11.1 Å². The molecule has 0 spiro atoms. The van der Waals surface area contributed by atoms with Crippen LogP contribution in [0.15, 0.2) is 48.5 Å². The summed E-state index contributed by atoms with van der Waals surface area (Å²) in [5.74, 6) is -0.176. The second-order valence-electron chi connectivity index (χ2n) is 4.86. The Hall–Kier alpha value is -2.75. The summed E-state index contributed by atoms with van der Waals surface area (Å²) in [6.45, 7) is 4.01. The minimum Gasteiger partial charge on any atom is -0.289 e. The monoisotopic (exact) mass is 281 g/mol. The predicted molar refractivity (Wildman–Crippen MR) is 82.4 cm³/mol. The number of carbonyl (C=O) groups excluding carboxylic acids is 1. The molecule has 0 amide bonds. The van der Waals surface area contributed by atoms with Gasteiger partial charge >= 0.3 is 0 Å². The third-order valence-electron chi connectivity index (χ3n) is 3.20. The zero-order valence-electron chi connectivity index (χ0n) is 11.9. The van der Waals surface area contributed by atoms with E-state index in [4.69, 9.17) is 0 Å². The van der Waals surface area contributed by atoms with Gasteiger partial charge in [-0.15, -0.1) is 0 Å². The number of hydrogen-bond donors (Lipinski definition) is 0. The molecule has 0 atom stereocenters. The summed E-state index contributed by atoms with van der Waals surface area (Å²) in [4.78, 5) is 22.1. The van der Waals surface area contributed by atoms with E-state index in [0.29, 0.717) is 5.56 Å². The zero-order chi connectivity index (χ0) is 15.4. The highest BCUT2D eigenvalue weighted by atomic mass is 16.6. The molecule has 0 bridgehead atoms. The van der Waals surface area contributed by atoms with Gasteiger partial charge in [-0.1, -0.05) is 29.8 Å². The molecule has 4 nitrogen and oxygen atoms in total. The molecule has 0 fully saturated rings. The number of ketones is 1. The molecule has 0 aliphatic rings. The van der Waals surface area contributed by atoms with E-state index in [9.17, 15) is 14.9 Å². The van der Waals surface area contributed by atoms with E-state index in [1.54, 1.807) is 6.08 Å². The normalized spacial score (nSPS) is 10.8. The maximum atomic E-state index is 12.0. The van der Waals surface area contributed by atoms with Crippen molar-refractivity contribution >= 4 is 17.5 Å². The lowest BCUT2D eigenvalue weighted by atomic mass is 10.0. The first-order chi connectivity index (χ1) is 9.97. The number of carbonyl (C=O) groups is 1. The second-order valence-corrected chi connectivity index (χ2v) is 4.86. The Labute approximate surface area is 122 Å². The summed E-state index contributed by atoms with van der Waals surface area (Å²) >= 11 is 0. The van der Waals surface area contributed by atoms with Crippen LogP contribution in [0.2, 0.25) is 0 Å². The number of nitro benzene ring substituents is 1. The maximum absolute atomic E-state index is 12.0. The number of benzene rings is 2. The van der Waals surface area contributed by atoms with Crippen LogP contribution in [0.5, 0.6) is 0 Å². The fourth-order valence-electron chi connectivity index (χ4n) is 2.02. The lowest BCUT2D eigenvalue weighted by molar-refractivity contribution is -0.384. The van der Waals surface area contributed by atoms with Gasteiger partial charge in [-0.05, 0) is 43.2 Å². The molecule has 0 aromatic heterocycles. The lowest BCUT2D eigenvalue weighted by Crippen LogP contribution is -1.95. The summed E-state index contributed by atoms with van der Waals surface area (Å²) in [6, 6.07) is 11.6. The van der Waals surface area contributed by atoms with Gasteiger partial charge in [0.15, 0.2) is 5.78 Å². The summed E-state index contributed by atoms with van der Waals surface area (Å²) in [5, 5.41) is 10.6. The van der Waals surface area contributed by atoms with Crippen LogP contribution >= 0.6 is 0 Å². The van der Waals surface area contributed by atoms with E-state index in [1.807, 2.05) is 26.0 Å². The van der Waals surface area contributed by atoms with Crippen molar-refractivity contribution in [2.75, 3.05) is 0 Å². The first-order valence-corrected chi connectivity index (χ1v) is 6.51. The highest BCUT2D eigenvalue weighted by Gasteiger charge is 2.07. The molecule has 0 N–H and O–H groups in total. The molecule has 0 unspecified atom stereocenters. The molecule has 0 radical (unpaired) electrons. The lowest BCUT2D eigenvalue weighted by Gasteiger charge is -2.01. The van der Waals surface area contributed by atoms with Gasteiger partial charge in [0.2, 0.25) is 0 Å². The highest BCUT2D eigenvalue weighted by Crippen LogP contribution is 2.15. The molecule has 106 valence electrons. The molecule has 2 rings (SSSR count). The largest absolute Gasteiger partial charge is 0.289 e. The van der Waals surface area contributed by atoms with Crippen molar-refractivity contribution < 1.29 is 9.72 Å². The van der Waals surface area contributed by atoms with Crippen LogP contribution < -0.4 is 0 Å². The van der Waals surface area contributed by atoms with Crippen molar-refractivity contribution in [1.82, 2.24) is 0 Å². The molecule has 0 aliphatic carbocycles. The van der Waals surface area contributed by atoms with Crippen LogP contribution in [-0.2, 0) is 0 Å². The zero-order valence-corrected chi connectivity index (χ0v) is 11.9. The fraction of sp³-hybridized carbons (Fsp3) is 0.118. The number of nitro groups is 1. The Morgan fingerprint density at radius 3 is 2.33 bits per heavy atom. The average molecular weight is 281 g/mol. The van der Waals surface area contributed by atoms with Gasteiger partial charge in [0, 0.05) is 17.7 Å². The Bertz CT molecular complexity index is 715. The Morgan fingerprint density at radius 2 is 1.76 bits per heavy atom. The SMILES string of the molecule is Cc1ccc(/C=C/C(=O)c2ccc([N+](=O)[O-])cc2)c(C)c1. The minimum absolute atomic E-state index is 0.0232. The molecule has 4 heteroatoms. The number of rotatable bonds is 4. The number of nitrogens with zero attached hydrogens (tertiary/aromatic N) is 1. The first kappa shape index (κ1) is 14.7. The van der Waals surface area contributed by atoms with Crippen LogP contribution in [-0.4, -0.2) is 10.7 Å². The molecule has 0 heterocycles. The molecule has 0 saturated carbocycles. The van der Waals surface area contributed by atoms with Gasteiger partial charge in [-0.3, -0.25) is 14.9 Å². The number of non-ortho nitro benzene ring substituents is 1. The van der Waals surface area contributed by atoms with E-state index in [2.05, 4.69) is 6.07 Å². The Balaban J connectivity index is 2.17. The van der Waals surface area contributed by atoms with Crippen molar-refractivity contribution in [2.45, 2.75) is 13.8 Å². The minimum atomic E-state index is -0.486. The number of aryl methyl sites for hydroxylation is 2. The van der Waals surface area contributed by atoms with Gasteiger partial charge in [0.05, 0.1) is 4.92 Å². The van der Waals surface area contributed by atoms with E-state index >= 15 is 0 Å². The smallest absolute Gasteiger partial charge is 0.269 e. The Morgan fingerprint density at radius 1 is 1.10 bits per heavy atom. The van der Waals surface area contributed by atoms with Crippen molar-refractivity contribution in [3.8, 4) is 0 Å². The third kappa shape index (κ3) is 3.63. The van der Waals surface area contributed by atoms with E-state index in [-0.39, 0.29) is 11.5 Å². The van der Waals surface area contributed by atoms with Crippen LogP contribution in [0.3, 0.4) is 0 Å². The van der Waals surface area contributed by atoms with Crippen molar-refractivity contribution in [3.63, 3.8) is 0 Å². The molecule has 21 heavy (non-hydrogen) atoms. The van der Waals surface area contributed by atoms with Gasteiger partial charge in [0.1, 0.15) is 0 Å². The van der Waals surface area contributed by atoms with Crippen molar-refractivity contribution in [1.29, 1.82) is 0 Å². The Kier molecular flexibility index (Phi) is 4.28. The standard InChI is InChI=1S/C17H15NO3/c1-12-3-4-14(13(2)11-12)7-10-17(19)15-5-8-16(9-6-15)18(20)21/h3-11H,1-2H3/b10-7+. The topological polar surface area (TPSA) is 60.2 Å². The highest BCUT2D eigenvalue weighted by molar-refractivity contribution is 6.06. The van der Waals surface area contributed by atoms with Gasteiger partial charge in [0.25, 0.3) is 5.69 Å². The fourth-order valence-corrected chi connectivity index (χ4v) is 2.02. The molecule has 0 aliphatic heterocycles. The van der Waals surface area contributed by atoms with Gasteiger partial charge < -0.3 is 0 Å².